The van der Waals surface area contributed by atoms with Gasteiger partial charge in [-0.25, -0.2) is 9.78 Å². The van der Waals surface area contributed by atoms with Crippen LogP contribution in [0.3, 0.4) is 0 Å². The molecular formula is C25H23Cl2N5O5S. The molecule has 198 valence electrons. The zero-order chi connectivity index (χ0) is 25.7. The molecule has 0 amide bonds. The van der Waals surface area contributed by atoms with Crippen molar-refractivity contribution in [3.05, 3.63) is 63.6 Å². The second kappa shape index (κ2) is 10.4. The largest absolute Gasteiger partial charge is 0.515 e. The molecule has 2 aliphatic rings. The van der Waals surface area contributed by atoms with E-state index in [-0.39, 0.29) is 37.2 Å². The maximum atomic E-state index is 13.0. The highest BCUT2D eigenvalue weighted by Crippen LogP contribution is 2.47. The summed E-state index contributed by atoms with van der Waals surface area (Å²) < 4.78 is 16.5. The second-order valence-corrected chi connectivity index (χ2v) is 10.1. The number of rotatable bonds is 5. The monoisotopic (exact) mass is 575 g/mol. The fourth-order valence-electron chi connectivity index (χ4n) is 4.71. The van der Waals surface area contributed by atoms with Crippen molar-refractivity contribution in [2.24, 2.45) is 0 Å². The van der Waals surface area contributed by atoms with E-state index in [2.05, 4.69) is 25.6 Å². The first kappa shape index (κ1) is 26.2. The van der Waals surface area contributed by atoms with Crippen molar-refractivity contribution in [1.82, 2.24) is 20.3 Å². The van der Waals surface area contributed by atoms with E-state index < -0.39 is 12.1 Å². The molecule has 0 fully saturated rings. The quantitative estimate of drug-likeness (QED) is 0.226. The van der Waals surface area contributed by atoms with Gasteiger partial charge in [0.1, 0.15) is 11.4 Å². The molecule has 2 aliphatic heterocycles. The molecule has 0 saturated carbocycles. The van der Waals surface area contributed by atoms with E-state index >= 15 is 0 Å². The molecule has 1 unspecified atom stereocenters. The lowest BCUT2D eigenvalue weighted by molar-refractivity contribution is -0.115. The number of halogens is 2. The Balaban J connectivity index is 0.00000294. The average Bonchev–Trinajstić information content (AvgIpc) is 3.58. The fourth-order valence-corrected chi connectivity index (χ4v) is 5.74. The summed E-state index contributed by atoms with van der Waals surface area (Å²) in [7, 11) is 0. The third-order valence-corrected chi connectivity index (χ3v) is 7.24. The van der Waals surface area contributed by atoms with Crippen LogP contribution in [0.1, 0.15) is 29.7 Å². The van der Waals surface area contributed by atoms with Crippen molar-refractivity contribution < 1.29 is 23.5 Å². The zero-order valence-electron chi connectivity index (χ0n) is 20.3. The number of H-pyrrole nitrogens is 2. The SMILES string of the molecule is CCOC(=O)Oc1[nH]cc2c1NC1=C(C(=O)CNC1)C2c1ccc(Sc2nc3c(C)cc(Cl)cc3[nH]2)o1.Cl. The number of aryl methyl sites for hydroxylation is 1. The van der Waals surface area contributed by atoms with Gasteiger partial charge in [0.05, 0.1) is 30.1 Å². The van der Waals surface area contributed by atoms with Gasteiger partial charge >= 0.3 is 6.16 Å². The highest BCUT2D eigenvalue weighted by molar-refractivity contribution is 7.99. The van der Waals surface area contributed by atoms with E-state index in [0.29, 0.717) is 44.5 Å². The Morgan fingerprint density at radius 1 is 1.29 bits per heavy atom. The minimum absolute atomic E-state index is 0. The number of ketones is 1. The average molecular weight is 576 g/mol. The molecule has 0 spiro atoms. The van der Waals surface area contributed by atoms with Gasteiger partial charge in [-0.3, -0.25) is 4.79 Å². The zero-order valence-corrected chi connectivity index (χ0v) is 22.7. The number of aromatic amines is 2. The number of ether oxygens (including phenoxy) is 2. The smallest absolute Gasteiger partial charge is 0.453 e. The lowest BCUT2D eigenvalue weighted by Gasteiger charge is -2.31. The van der Waals surface area contributed by atoms with Gasteiger partial charge in [0.25, 0.3) is 0 Å². The summed E-state index contributed by atoms with van der Waals surface area (Å²) in [6.45, 7) is 4.54. The molecule has 0 bridgehead atoms. The first-order valence-electron chi connectivity index (χ1n) is 11.6. The third-order valence-electron chi connectivity index (χ3n) is 6.21. The third kappa shape index (κ3) is 4.66. The van der Waals surface area contributed by atoms with Gasteiger partial charge < -0.3 is 34.5 Å². The topological polar surface area (TPSA) is 134 Å². The van der Waals surface area contributed by atoms with Gasteiger partial charge in [-0.2, -0.15) is 0 Å². The highest BCUT2D eigenvalue weighted by Gasteiger charge is 2.39. The second-order valence-electron chi connectivity index (χ2n) is 8.63. The number of fused-ring (bicyclic) bond motifs is 2. The Hall–Kier alpha value is -3.38. The van der Waals surface area contributed by atoms with Crippen molar-refractivity contribution in [2.75, 3.05) is 25.0 Å². The Labute approximate surface area is 232 Å². The van der Waals surface area contributed by atoms with E-state index in [4.69, 9.17) is 25.5 Å². The van der Waals surface area contributed by atoms with Crippen LogP contribution in [0.2, 0.25) is 5.02 Å². The van der Waals surface area contributed by atoms with Gasteiger partial charge in [0.15, 0.2) is 16.0 Å². The number of carbonyl (C=O) groups excluding carboxylic acids is 2. The molecule has 4 N–H and O–H groups in total. The van der Waals surface area contributed by atoms with Crippen LogP contribution in [0.15, 0.2) is 56.4 Å². The van der Waals surface area contributed by atoms with E-state index in [1.54, 1.807) is 13.1 Å². The van der Waals surface area contributed by atoms with Crippen molar-refractivity contribution in [3.63, 3.8) is 0 Å². The first-order chi connectivity index (χ1) is 17.9. The molecule has 1 aromatic carbocycles. The van der Waals surface area contributed by atoms with Gasteiger partial charge in [-0.1, -0.05) is 11.6 Å². The van der Waals surface area contributed by atoms with Crippen molar-refractivity contribution in [3.8, 4) is 5.88 Å². The standard InChI is InChI=1S/C25H22ClN5O5S.ClH/c1-3-34-25(33)36-23-22-13(8-28-23)19(20-15(29-22)9-27-10-16(20)32)17-4-5-18(35-17)37-24-30-14-7-12(26)6-11(2)21(14)31-24;/h4-8,19,27-29H,3,9-10H2,1-2H3,(H,30,31);1H. The fraction of sp³-hybridized carbons (Fsp3) is 0.240. The van der Waals surface area contributed by atoms with Gasteiger partial charge in [-0.15, -0.1) is 12.4 Å². The van der Waals surface area contributed by atoms with Crippen molar-refractivity contribution >= 4 is 64.4 Å². The molecule has 38 heavy (non-hydrogen) atoms. The maximum Gasteiger partial charge on any atom is 0.515 e. The molecule has 10 nitrogen and oxygen atoms in total. The minimum atomic E-state index is -0.817. The molecule has 3 aromatic heterocycles. The summed E-state index contributed by atoms with van der Waals surface area (Å²) in [6.07, 6.45) is 0.893. The lowest BCUT2D eigenvalue weighted by atomic mass is 9.82. The molecule has 6 rings (SSSR count). The predicted octanol–water partition coefficient (Wildman–Crippen LogP) is 5.54. The summed E-state index contributed by atoms with van der Waals surface area (Å²) in [5.74, 6) is 0.280. The van der Waals surface area contributed by atoms with E-state index in [9.17, 15) is 9.59 Å². The number of anilines is 1. The number of Topliss-reactive ketones (excluding diaryl/α,β-unsaturated/α-hetero) is 1. The Bertz CT molecular complexity index is 1590. The van der Waals surface area contributed by atoms with E-state index in [1.165, 1.54) is 11.8 Å². The normalized spacial score (nSPS) is 16.5. The number of aromatic nitrogens is 3. The van der Waals surface area contributed by atoms with Crippen LogP contribution >= 0.6 is 35.8 Å². The van der Waals surface area contributed by atoms with Crippen LogP contribution < -0.4 is 15.4 Å². The number of hydrogen-bond acceptors (Lipinski definition) is 9. The molecule has 0 radical (unpaired) electrons. The first-order valence-corrected chi connectivity index (χ1v) is 12.8. The molecular weight excluding hydrogens is 553 g/mol. The number of imidazole rings is 1. The highest BCUT2D eigenvalue weighted by atomic mass is 35.5. The van der Waals surface area contributed by atoms with Crippen LogP contribution in [0.25, 0.3) is 11.0 Å². The molecule has 4 aromatic rings. The number of nitrogens with one attached hydrogen (secondary N) is 4. The van der Waals surface area contributed by atoms with Crippen molar-refractivity contribution in [2.45, 2.75) is 30.0 Å². The molecule has 13 heteroatoms. The lowest BCUT2D eigenvalue weighted by Crippen LogP contribution is -2.39. The number of carbonyl (C=O) groups is 2. The minimum Gasteiger partial charge on any atom is -0.453 e. The van der Waals surface area contributed by atoms with E-state index in [0.717, 1.165) is 22.2 Å². The Morgan fingerprint density at radius 2 is 2.13 bits per heavy atom. The Kier molecular flexibility index (Phi) is 7.19. The van der Waals surface area contributed by atoms with Crippen LogP contribution in [0.4, 0.5) is 10.5 Å². The predicted molar refractivity (Wildman–Crippen MR) is 145 cm³/mol. The number of benzene rings is 1. The number of furan rings is 1. The number of nitrogens with zero attached hydrogens (tertiary/aromatic N) is 1. The number of hydrogen-bond donors (Lipinski definition) is 4. The Morgan fingerprint density at radius 3 is 2.95 bits per heavy atom. The van der Waals surface area contributed by atoms with Gasteiger partial charge in [0, 0.05) is 34.6 Å². The summed E-state index contributed by atoms with van der Waals surface area (Å²) in [6, 6.07) is 7.41. The molecule has 0 saturated heterocycles. The molecule has 1 atom stereocenters. The van der Waals surface area contributed by atoms with Crippen LogP contribution in [-0.2, 0) is 9.53 Å². The van der Waals surface area contributed by atoms with E-state index in [1.807, 2.05) is 31.2 Å². The van der Waals surface area contributed by atoms with Crippen LogP contribution in [-0.4, -0.2) is 46.6 Å². The molecule has 5 heterocycles. The van der Waals surface area contributed by atoms with Crippen LogP contribution in [0.5, 0.6) is 5.88 Å². The maximum absolute atomic E-state index is 13.0. The van der Waals surface area contributed by atoms with Crippen LogP contribution in [0, 0.1) is 6.92 Å². The van der Waals surface area contributed by atoms with Gasteiger partial charge in [0.2, 0.25) is 5.88 Å². The summed E-state index contributed by atoms with van der Waals surface area (Å²) >= 11 is 7.53. The van der Waals surface area contributed by atoms with Crippen molar-refractivity contribution in [1.29, 1.82) is 0 Å². The summed E-state index contributed by atoms with van der Waals surface area (Å²) in [5.41, 5.74) is 5.28. The summed E-state index contributed by atoms with van der Waals surface area (Å²) in [4.78, 5) is 35.9. The van der Waals surface area contributed by atoms with Gasteiger partial charge in [-0.05, 0) is 55.4 Å². The molecule has 0 aliphatic carbocycles. The summed E-state index contributed by atoms with van der Waals surface area (Å²) in [5, 5.41) is 8.27.